The van der Waals surface area contributed by atoms with Crippen LogP contribution in [0.4, 0.5) is 20.2 Å². The maximum Gasteiger partial charge on any atom is 0.491 e. The van der Waals surface area contributed by atoms with Gasteiger partial charge in [0.25, 0.3) is 0 Å². The van der Waals surface area contributed by atoms with E-state index in [0.29, 0.717) is 82.2 Å². The molecule has 0 aliphatic carbocycles. The normalized spacial score (nSPS) is 13.6. The topological polar surface area (TPSA) is 167 Å². The number of ether oxygens (including phenoxy) is 2. The molecule has 8 rings (SSSR count). The van der Waals surface area contributed by atoms with Gasteiger partial charge >= 0.3 is 7.12 Å². The molecular weight excluding hydrogens is 1080 g/mol. The number of benzene rings is 2. The minimum Gasteiger partial charge on any atom is -0.495 e. The first-order valence-corrected chi connectivity index (χ1v) is 23.5. The molecule has 2 aliphatic heterocycles. The lowest BCUT2D eigenvalue weighted by Gasteiger charge is -2.36. The lowest BCUT2D eigenvalue weighted by Crippen LogP contribution is -2.49. The van der Waals surface area contributed by atoms with Gasteiger partial charge in [-0.1, -0.05) is 46.4 Å². The Labute approximate surface area is 425 Å². The molecule has 2 amide bonds. The molecule has 2 aliphatic rings. The summed E-state index contributed by atoms with van der Waals surface area (Å²) in [5, 5.41) is 27.8. The molecule has 16 nitrogen and oxygen atoms in total. The van der Waals surface area contributed by atoms with Gasteiger partial charge in [-0.2, -0.15) is 10.2 Å². The van der Waals surface area contributed by atoms with Gasteiger partial charge in [-0.25, -0.2) is 8.78 Å². The monoisotopic (exact) mass is 1130 g/mol. The number of nitrogens with zero attached hydrogens (tertiary/aromatic N) is 10. The lowest BCUT2D eigenvalue weighted by atomic mass is 9.81. The van der Waals surface area contributed by atoms with Gasteiger partial charge in [-0.05, 0) is 72.8 Å². The van der Waals surface area contributed by atoms with Gasteiger partial charge in [0, 0.05) is 99.3 Å². The van der Waals surface area contributed by atoms with E-state index in [2.05, 4.69) is 52.6 Å². The largest absolute Gasteiger partial charge is 0.495 e. The summed E-state index contributed by atoms with van der Waals surface area (Å²) in [7, 11) is 1.43. The Hall–Kier alpha value is -4.97. The van der Waals surface area contributed by atoms with Crippen molar-refractivity contribution in [3.63, 3.8) is 0 Å². The van der Waals surface area contributed by atoms with E-state index in [0.717, 1.165) is 46.3 Å². The number of halogens is 7. The molecule has 6 aromatic rings. The Balaban J connectivity index is 0.000000189. The van der Waals surface area contributed by atoms with E-state index in [1.165, 1.54) is 29.2 Å². The van der Waals surface area contributed by atoms with Crippen molar-refractivity contribution < 1.29 is 37.9 Å². The van der Waals surface area contributed by atoms with E-state index >= 15 is 0 Å². The summed E-state index contributed by atoms with van der Waals surface area (Å²) in [4.78, 5) is 40.8. The second kappa shape index (κ2) is 24.0. The van der Waals surface area contributed by atoms with Crippen molar-refractivity contribution in [2.24, 2.45) is 0 Å². The van der Waals surface area contributed by atoms with E-state index in [1.807, 2.05) is 42.2 Å². The zero-order valence-electron chi connectivity index (χ0n) is 37.2. The van der Waals surface area contributed by atoms with Crippen LogP contribution in [0.3, 0.4) is 0 Å². The Morgan fingerprint density at radius 1 is 0.676 bits per heavy atom. The van der Waals surface area contributed by atoms with E-state index in [1.54, 1.807) is 36.8 Å². The quantitative estimate of drug-likeness (QED) is 0.114. The summed E-state index contributed by atoms with van der Waals surface area (Å²) in [5.41, 5.74) is 3.87. The highest BCUT2D eigenvalue weighted by molar-refractivity contribution is 14.1. The number of anilines is 2. The van der Waals surface area contributed by atoms with Crippen molar-refractivity contribution in [2.75, 3.05) is 76.4 Å². The number of piperazine rings is 2. The van der Waals surface area contributed by atoms with Gasteiger partial charge in [0.05, 0.1) is 58.1 Å². The van der Waals surface area contributed by atoms with Gasteiger partial charge in [-0.15, -0.1) is 0 Å². The van der Waals surface area contributed by atoms with Crippen molar-refractivity contribution in [1.82, 2.24) is 39.3 Å². The molecule has 0 bridgehead atoms. The van der Waals surface area contributed by atoms with Crippen LogP contribution in [0.5, 0.6) is 11.5 Å². The first-order valence-electron chi connectivity index (χ1n) is 20.9. The van der Waals surface area contributed by atoms with Crippen LogP contribution >= 0.6 is 69.0 Å². The summed E-state index contributed by atoms with van der Waals surface area (Å²) < 4.78 is 41.1. The fraction of sp³-hybridized carbons (Fsp3) is 0.318. The van der Waals surface area contributed by atoms with Crippen LogP contribution in [0.25, 0.3) is 11.3 Å². The number of aromatic nitrogens is 6. The average molecular weight is 1130 g/mol. The Bertz CT molecular complexity index is 2720. The van der Waals surface area contributed by atoms with Gasteiger partial charge in [0.1, 0.15) is 39.8 Å². The van der Waals surface area contributed by atoms with Crippen molar-refractivity contribution >= 4 is 105 Å². The number of amides is 2. The van der Waals surface area contributed by atoms with Crippen molar-refractivity contribution in [3.8, 4) is 22.8 Å². The maximum absolute atomic E-state index is 14.1. The summed E-state index contributed by atoms with van der Waals surface area (Å²) in [6.07, 6.45) is 4.80. The molecule has 6 heterocycles. The van der Waals surface area contributed by atoms with E-state index < -0.39 is 18.8 Å². The number of carbonyl (C=O) groups is 2. The fourth-order valence-corrected chi connectivity index (χ4v) is 8.64. The summed E-state index contributed by atoms with van der Waals surface area (Å²) in [6.45, 7) is 9.23. The second-order valence-corrected chi connectivity index (χ2v) is 17.8. The molecule has 0 unspecified atom stereocenters. The molecule has 0 radical (unpaired) electrons. The van der Waals surface area contributed by atoms with Gasteiger partial charge in [0.15, 0.2) is 5.82 Å². The van der Waals surface area contributed by atoms with E-state index in [9.17, 15) is 18.4 Å². The van der Waals surface area contributed by atoms with Gasteiger partial charge < -0.3 is 39.1 Å². The molecule has 2 N–H and O–H groups in total. The number of pyridine rings is 2. The van der Waals surface area contributed by atoms with E-state index in [4.69, 9.17) is 65.9 Å². The third kappa shape index (κ3) is 12.8. The minimum atomic E-state index is -1.76. The molecule has 360 valence electrons. The second-order valence-electron chi connectivity index (χ2n) is 15.3. The van der Waals surface area contributed by atoms with E-state index in [-0.39, 0.29) is 35.9 Å². The van der Waals surface area contributed by atoms with Crippen molar-refractivity contribution in [1.29, 1.82) is 0 Å². The molecular formula is C44H46BCl4F2IN10O6. The van der Waals surface area contributed by atoms with Crippen LogP contribution < -0.4 is 24.7 Å². The number of hydrogen-bond acceptors (Lipinski definition) is 12. The van der Waals surface area contributed by atoms with Crippen LogP contribution in [0.15, 0.2) is 73.3 Å². The molecule has 2 fully saturated rings. The number of hydrogen-bond donors (Lipinski definition) is 2. The zero-order chi connectivity index (χ0) is 49.2. The molecule has 0 saturated carbocycles. The first-order chi connectivity index (χ1) is 32.5. The van der Waals surface area contributed by atoms with Crippen molar-refractivity contribution in [2.45, 2.75) is 26.9 Å². The Kier molecular flexibility index (Phi) is 18.5. The summed E-state index contributed by atoms with van der Waals surface area (Å²) in [5.74, 6) is 0.0376. The predicted octanol–water partition coefficient (Wildman–Crippen LogP) is 6.42. The molecule has 0 atom stereocenters. The Morgan fingerprint density at radius 3 is 1.54 bits per heavy atom. The molecule has 2 aromatic carbocycles. The highest BCUT2D eigenvalue weighted by Crippen LogP contribution is 2.33. The molecule has 24 heteroatoms. The number of rotatable bonds is 10. The lowest BCUT2D eigenvalue weighted by molar-refractivity contribution is -0.133. The first kappa shape index (κ1) is 52.4. The standard InChI is InChI=1S/C22H22Cl2FN5O2.C17H19Cl2IN4O2.C5H5BFNO2/c1-14-21(24)22(16-5-6-26-12-18(16)25)27-30(14)13-20(31)29-9-7-28(8-10-29)15-3-4-17(23)19(11-15)32-2;1-11-16(19)17(20)21-24(11)10-15(25)23-7-5-22(6-8-23)12-3-4-13(18)14(9-12)26-2;7-5-3-8-2-1-4(5)6(9)10/h3-6,11-12H,7-10,13H2,1-2H3;3-4,9H,5-8,10H2,1-2H3;1-3,9-10H. The smallest absolute Gasteiger partial charge is 0.491 e. The fourth-order valence-electron chi connectivity index (χ4n) is 7.23. The Morgan fingerprint density at radius 2 is 1.13 bits per heavy atom. The predicted molar refractivity (Wildman–Crippen MR) is 267 cm³/mol. The van der Waals surface area contributed by atoms with Crippen molar-refractivity contribution in [3.05, 3.63) is 120 Å². The van der Waals surface area contributed by atoms with Crippen LogP contribution in [0.1, 0.15) is 11.4 Å². The third-order valence-electron chi connectivity index (χ3n) is 11.2. The maximum atomic E-state index is 14.1. The van der Waals surface area contributed by atoms with Crippen LogP contribution in [0.2, 0.25) is 20.1 Å². The van der Waals surface area contributed by atoms with Gasteiger partial charge in [-0.3, -0.25) is 28.9 Å². The number of carbonyl (C=O) groups excluding carboxylic acids is 2. The highest BCUT2D eigenvalue weighted by Gasteiger charge is 2.26. The minimum absolute atomic E-state index is 0.0347. The summed E-state index contributed by atoms with van der Waals surface area (Å²) >= 11 is 26.8. The van der Waals surface area contributed by atoms with Crippen LogP contribution in [0, 0.1) is 29.2 Å². The van der Waals surface area contributed by atoms with Crippen LogP contribution in [-0.4, -0.2) is 135 Å². The number of methoxy groups -OCH3 is 2. The summed E-state index contributed by atoms with van der Waals surface area (Å²) in [6, 6.07) is 14.1. The SMILES string of the molecule is COc1cc(N2CCN(C(=O)Cn3nc(-c4ccncc4F)c(Cl)c3C)CC2)ccc1Cl.COc1cc(N2CCN(C(=O)Cn3nc(I)c(Cl)c3C)CC2)ccc1Cl.OB(O)c1ccncc1F. The molecule has 2 saturated heterocycles. The van der Waals surface area contributed by atoms with Crippen LogP contribution in [-0.2, 0) is 22.7 Å². The third-order valence-corrected chi connectivity index (χ3v) is 13.8. The highest BCUT2D eigenvalue weighted by atomic mass is 127. The zero-order valence-corrected chi connectivity index (χ0v) is 42.4. The molecule has 68 heavy (non-hydrogen) atoms. The van der Waals surface area contributed by atoms with Gasteiger partial charge in [0.2, 0.25) is 11.8 Å². The average Bonchev–Trinajstić information content (AvgIpc) is 3.75. The molecule has 4 aromatic heterocycles. The molecule has 0 spiro atoms.